The Labute approximate surface area is 84.9 Å². The zero-order chi connectivity index (χ0) is 10.1. The smallest absolute Gasteiger partial charge is 0.202 e. The number of rotatable bonds is 3. The SMILES string of the molecule is Cc1cnc(N2CC(CN(C)C)C2)[nH]1. The second kappa shape index (κ2) is 3.61. The number of anilines is 1. The van der Waals surface area contributed by atoms with E-state index < -0.39 is 0 Å². The predicted molar refractivity (Wildman–Crippen MR) is 57.6 cm³/mol. The van der Waals surface area contributed by atoms with Crippen molar-refractivity contribution in [2.75, 3.05) is 38.6 Å². The molecular weight excluding hydrogens is 176 g/mol. The monoisotopic (exact) mass is 194 g/mol. The van der Waals surface area contributed by atoms with Crippen molar-refractivity contribution in [1.82, 2.24) is 14.9 Å². The molecule has 1 N–H and O–H groups in total. The summed E-state index contributed by atoms with van der Waals surface area (Å²) in [6.45, 7) is 5.47. The Morgan fingerprint density at radius 1 is 1.57 bits per heavy atom. The summed E-state index contributed by atoms with van der Waals surface area (Å²) in [6, 6.07) is 0. The van der Waals surface area contributed by atoms with E-state index >= 15 is 0 Å². The molecule has 4 nitrogen and oxygen atoms in total. The average molecular weight is 194 g/mol. The summed E-state index contributed by atoms with van der Waals surface area (Å²) in [6.07, 6.45) is 1.88. The van der Waals surface area contributed by atoms with Crippen LogP contribution in [0.3, 0.4) is 0 Å². The molecule has 14 heavy (non-hydrogen) atoms. The van der Waals surface area contributed by atoms with E-state index in [1.165, 1.54) is 6.54 Å². The fourth-order valence-electron chi connectivity index (χ4n) is 1.93. The Morgan fingerprint density at radius 2 is 2.29 bits per heavy atom. The van der Waals surface area contributed by atoms with Gasteiger partial charge in [-0.25, -0.2) is 4.98 Å². The molecule has 1 aromatic heterocycles. The molecule has 0 spiro atoms. The molecule has 0 aliphatic carbocycles. The number of imidazole rings is 1. The molecule has 0 atom stereocenters. The number of nitrogens with one attached hydrogen (secondary N) is 1. The van der Waals surface area contributed by atoms with Crippen molar-refractivity contribution >= 4 is 5.95 Å². The van der Waals surface area contributed by atoms with E-state index in [1.807, 2.05) is 13.1 Å². The van der Waals surface area contributed by atoms with E-state index in [4.69, 9.17) is 0 Å². The maximum absolute atomic E-state index is 4.31. The molecule has 1 aliphatic rings. The van der Waals surface area contributed by atoms with Gasteiger partial charge in [-0.2, -0.15) is 0 Å². The van der Waals surface area contributed by atoms with Crippen molar-refractivity contribution in [3.63, 3.8) is 0 Å². The van der Waals surface area contributed by atoms with Crippen molar-refractivity contribution in [2.45, 2.75) is 6.92 Å². The third-order valence-electron chi connectivity index (χ3n) is 2.57. The zero-order valence-electron chi connectivity index (χ0n) is 9.12. The Hall–Kier alpha value is -1.03. The summed E-state index contributed by atoms with van der Waals surface area (Å²) in [5.74, 6) is 1.83. The van der Waals surface area contributed by atoms with E-state index in [1.54, 1.807) is 0 Å². The number of hydrogen-bond acceptors (Lipinski definition) is 3. The lowest BCUT2D eigenvalue weighted by Gasteiger charge is -2.40. The summed E-state index contributed by atoms with van der Waals surface area (Å²) in [7, 11) is 4.25. The summed E-state index contributed by atoms with van der Waals surface area (Å²) in [5.41, 5.74) is 1.14. The fraction of sp³-hybridized carbons (Fsp3) is 0.700. The van der Waals surface area contributed by atoms with Gasteiger partial charge in [0.15, 0.2) is 0 Å². The molecule has 1 aliphatic heterocycles. The normalized spacial score (nSPS) is 17.6. The van der Waals surface area contributed by atoms with E-state index in [0.29, 0.717) is 0 Å². The van der Waals surface area contributed by atoms with Crippen LogP contribution in [0, 0.1) is 12.8 Å². The van der Waals surface area contributed by atoms with Crippen molar-refractivity contribution in [3.8, 4) is 0 Å². The highest BCUT2D eigenvalue weighted by Crippen LogP contribution is 2.21. The molecule has 2 rings (SSSR count). The van der Waals surface area contributed by atoms with Crippen LogP contribution in [0.15, 0.2) is 6.20 Å². The third kappa shape index (κ3) is 1.90. The van der Waals surface area contributed by atoms with Crippen LogP contribution in [-0.2, 0) is 0 Å². The Kier molecular flexibility index (Phi) is 2.46. The average Bonchev–Trinajstić information content (AvgIpc) is 2.42. The van der Waals surface area contributed by atoms with Gasteiger partial charge in [-0.3, -0.25) is 0 Å². The highest BCUT2D eigenvalue weighted by molar-refractivity contribution is 5.35. The van der Waals surface area contributed by atoms with Gasteiger partial charge in [0, 0.05) is 37.4 Å². The summed E-state index contributed by atoms with van der Waals surface area (Å²) >= 11 is 0. The van der Waals surface area contributed by atoms with Gasteiger partial charge in [0.05, 0.1) is 0 Å². The first-order valence-corrected chi connectivity index (χ1v) is 5.06. The van der Waals surface area contributed by atoms with E-state index in [0.717, 1.165) is 30.6 Å². The first-order chi connectivity index (χ1) is 6.65. The Morgan fingerprint density at radius 3 is 2.79 bits per heavy atom. The van der Waals surface area contributed by atoms with E-state index in [2.05, 4.69) is 33.9 Å². The van der Waals surface area contributed by atoms with Gasteiger partial charge in [-0.15, -0.1) is 0 Å². The van der Waals surface area contributed by atoms with E-state index in [-0.39, 0.29) is 0 Å². The van der Waals surface area contributed by atoms with Crippen LogP contribution in [0.2, 0.25) is 0 Å². The molecule has 0 amide bonds. The highest BCUT2D eigenvalue weighted by Gasteiger charge is 2.28. The maximum Gasteiger partial charge on any atom is 0.202 e. The van der Waals surface area contributed by atoms with Crippen molar-refractivity contribution in [2.24, 2.45) is 5.92 Å². The van der Waals surface area contributed by atoms with Gasteiger partial charge in [-0.1, -0.05) is 0 Å². The molecule has 1 aromatic rings. The minimum Gasteiger partial charge on any atom is -0.342 e. The number of aryl methyl sites for hydroxylation is 1. The molecule has 1 saturated heterocycles. The predicted octanol–water partition coefficient (Wildman–Crippen LogP) is 0.716. The molecule has 2 heterocycles. The molecule has 4 heteroatoms. The fourth-order valence-corrected chi connectivity index (χ4v) is 1.93. The second-order valence-corrected chi connectivity index (χ2v) is 4.42. The molecular formula is C10H18N4. The van der Waals surface area contributed by atoms with Gasteiger partial charge >= 0.3 is 0 Å². The molecule has 0 unspecified atom stereocenters. The molecule has 0 saturated carbocycles. The molecule has 1 fully saturated rings. The van der Waals surface area contributed by atoms with Crippen molar-refractivity contribution < 1.29 is 0 Å². The van der Waals surface area contributed by atoms with Crippen LogP contribution in [0.5, 0.6) is 0 Å². The van der Waals surface area contributed by atoms with Crippen LogP contribution < -0.4 is 4.90 Å². The van der Waals surface area contributed by atoms with Crippen molar-refractivity contribution in [3.05, 3.63) is 11.9 Å². The minimum atomic E-state index is 0.801. The summed E-state index contributed by atoms with van der Waals surface area (Å²) < 4.78 is 0. The Balaban J connectivity index is 1.83. The topological polar surface area (TPSA) is 35.2 Å². The lowest BCUT2D eigenvalue weighted by molar-refractivity contribution is 0.281. The van der Waals surface area contributed by atoms with Crippen LogP contribution in [0.1, 0.15) is 5.69 Å². The second-order valence-electron chi connectivity index (χ2n) is 4.42. The minimum absolute atomic E-state index is 0.801. The third-order valence-corrected chi connectivity index (χ3v) is 2.57. The van der Waals surface area contributed by atoms with Crippen molar-refractivity contribution in [1.29, 1.82) is 0 Å². The Bertz CT molecular complexity index is 299. The summed E-state index contributed by atoms with van der Waals surface area (Å²) in [5, 5.41) is 0. The lowest BCUT2D eigenvalue weighted by atomic mass is 10.0. The van der Waals surface area contributed by atoms with Gasteiger partial charge in [0.1, 0.15) is 0 Å². The number of aromatic amines is 1. The molecule has 0 bridgehead atoms. The molecule has 0 aromatic carbocycles. The van der Waals surface area contributed by atoms with Crippen LogP contribution in [0.4, 0.5) is 5.95 Å². The number of hydrogen-bond donors (Lipinski definition) is 1. The van der Waals surface area contributed by atoms with Crippen LogP contribution in [0.25, 0.3) is 0 Å². The van der Waals surface area contributed by atoms with Crippen LogP contribution >= 0.6 is 0 Å². The highest BCUT2D eigenvalue weighted by atomic mass is 15.3. The number of aromatic nitrogens is 2. The van der Waals surface area contributed by atoms with Gasteiger partial charge < -0.3 is 14.8 Å². The molecule has 0 radical (unpaired) electrons. The zero-order valence-corrected chi connectivity index (χ0v) is 9.12. The van der Waals surface area contributed by atoms with Gasteiger partial charge in [-0.05, 0) is 21.0 Å². The lowest BCUT2D eigenvalue weighted by Crippen LogP contribution is -2.51. The quantitative estimate of drug-likeness (QED) is 0.770. The standard InChI is InChI=1S/C10H18N4/c1-8-4-11-10(12-8)14-6-9(7-14)5-13(2)3/h4,9H,5-7H2,1-3H3,(H,11,12). The van der Waals surface area contributed by atoms with Gasteiger partial charge in [0.2, 0.25) is 5.95 Å². The first-order valence-electron chi connectivity index (χ1n) is 5.06. The number of H-pyrrole nitrogens is 1. The largest absolute Gasteiger partial charge is 0.342 e. The maximum atomic E-state index is 4.31. The van der Waals surface area contributed by atoms with Crippen LogP contribution in [-0.4, -0.2) is 48.6 Å². The first kappa shape index (κ1) is 9.52. The van der Waals surface area contributed by atoms with Gasteiger partial charge in [0.25, 0.3) is 0 Å². The summed E-state index contributed by atoms with van der Waals surface area (Å²) in [4.78, 5) is 12.1. The number of nitrogens with zero attached hydrogens (tertiary/aromatic N) is 3. The molecule has 78 valence electrons. The van der Waals surface area contributed by atoms with E-state index in [9.17, 15) is 0 Å².